The molecule has 2 aliphatic carbocycles. The van der Waals surface area contributed by atoms with Crippen molar-refractivity contribution in [2.45, 2.75) is 37.4 Å². The van der Waals surface area contributed by atoms with Gasteiger partial charge < -0.3 is 0 Å². The van der Waals surface area contributed by atoms with E-state index in [2.05, 4.69) is 12.6 Å². The summed E-state index contributed by atoms with van der Waals surface area (Å²) in [7, 11) is 0. The molecule has 2 bridgehead atoms. The average molecular weight is 142 g/mol. The molecule has 3 atom stereocenters. The lowest BCUT2D eigenvalue weighted by atomic mass is 9.89. The summed E-state index contributed by atoms with van der Waals surface area (Å²) in [6.45, 7) is 0. The van der Waals surface area contributed by atoms with Crippen molar-refractivity contribution in [2.75, 3.05) is 0 Å². The van der Waals surface area contributed by atoms with Gasteiger partial charge in [-0.05, 0) is 31.1 Å². The van der Waals surface area contributed by atoms with Gasteiger partial charge in [0.05, 0.1) is 0 Å². The van der Waals surface area contributed by atoms with Gasteiger partial charge in [-0.2, -0.15) is 12.6 Å². The maximum Gasteiger partial charge on any atom is 0.00478 e. The highest BCUT2D eigenvalue weighted by Gasteiger charge is 2.34. The fourth-order valence-electron chi connectivity index (χ4n) is 2.43. The molecule has 2 rings (SSSR count). The zero-order valence-electron chi connectivity index (χ0n) is 5.71. The highest BCUT2D eigenvalue weighted by atomic mass is 32.1. The van der Waals surface area contributed by atoms with E-state index in [1.807, 2.05) is 0 Å². The van der Waals surface area contributed by atoms with Crippen LogP contribution in [0.15, 0.2) is 0 Å². The largest absolute Gasteiger partial charge is 0.176 e. The smallest absolute Gasteiger partial charge is 0.00478 e. The van der Waals surface area contributed by atoms with Gasteiger partial charge in [0.2, 0.25) is 0 Å². The monoisotopic (exact) mass is 142 g/mol. The lowest BCUT2D eigenvalue weighted by Gasteiger charge is -2.18. The van der Waals surface area contributed by atoms with E-state index in [-0.39, 0.29) is 0 Å². The van der Waals surface area contributed by atoms with Gasteiger partial charge in [0.15, 0.2) is 0 Å². The molecule has 0 amide bonds. The Morgan fingerprint density at radius 3 is 2.67 bits per heavy atom. The summed E-state index contributed by atoms with van der Waals surface area (Å²) in [6.07, 6.45) is 7.34. The quantitative estimate of drug-likeness (QED) is 0.494. The minimum absolute atomic E-state index is 0.762. The van der Waals surface area contributed by atoms with E-state index >= 15 is 0 Å². The zero-order chi connectivity index (χ0) is 6.27. The molecular weight excluding hydrogens is 128 g/mol. The molecule has 2 aliphatic rings. The first kappa shape index (κ1) is 6.09. The summed E-state index contributed by atoms with van der Waals surface area (Å²) in [5.41, 5.74) is 0. The fourth-order valence-corrected chi connectivity index (χ4v) is 3.00. The van der Waals surface area contributed by atoms with E-state index in [0.29, 0.717) is 0 Å². The number of hydrogen-bond donors (Lipinski definition) is 1. The molecule has 52 valence electrons. The molecule has 0 radical (unpaired) electrons. The van der Waals surface area contributed by atoms with Gasteiger partial charge in [-0.1, -0.05) is 12.8 Å². The third kappa shape index (κ3) is 1.000. The third-order valence-electron chi connectivity index (χ3n) is 2.94. The molecule has 0 aliphatic heterocycles. The highest BCUT2D eigenvalue weighted by molar-refractivity contribution is 7.81. The standard InChI is InChI=1S/C8H14S/c9-8-5-6-2-1-3-7(8)4-6/h6-9H,1-5H2. The van der Waals surface area contributed by atoms with Crippen LogP contribution in [0.2, 0.25) is 0 Å². The molecule has 1 heteroatoms. The summed E-state index contributed by atoms with van der Waals surface area (Å²) in [5.74, 6) is 2.05. The van der Waals surface area contributed by atoms with Gasteiger partial charge >= 0.3 is 0 Å². The van der Waals surface area contributed by atoms with Crippen molar-refractivity contribution in [1.29, 1.82) is 0 Å². The Morgan fingerprint density at radius 1 is 1.11 bits per heavy atom. The first-order valence-electron chi connectivity index (χ1n) is 4.04. The van der Waals surface area contributed by atoms with Crippen LogP contribution in [0.3, 0.4) is 0 Å². The minimum atomic E-state index is 0.762. The van der Waals surface area contributed by atoms with Gasteiger partial charge in [0.1, 0.15) is 0 Å². The number of rotatable bonds is 0. The summed E-state index contributed by atoms with van der Waals surface area (Å²) >= 11 is 4.57. The van der Waals surface area contributed by atoms with E-state index in [1.54, 1.807) is 0 Å². The fraction of sp³-hybridized carbons (Fsp3) is 1.00. The van der Waals surface area contributed by atoms with Crippen molar-refractivity contribution in [2.24, 2.45) is 11.8 Å². The second kappa shape index (κ2) is 2.19. The summed E-state index contributed by atoms with van der Waals surface area (Å²) in [6, 6.07) is 0. The molecule has 0 aromatic rings. The van der Waals surface area contributed by atoms with Crippen LogP contribution in [-0.2, 0) is 0 Å². The SMILES string of the molecule is SC1CC2CCCC1C2. The predicted molar refractivity (Wildman–Crippen MR) is 42.8 cm³/mol. The van der Waals surface area contributed by atoms with Crippen molar-refractivity contribution in [3.8, 4) is 0 Å². The Labute approximate surface area is 62.4 Å². The molecule has 0 aromatic heterocycles. The molecule has 2 fully saturated rings. The Bertz CT molecular complexity index is 109. The molecule has 0 N–H and O–H groups in total. The van der Waals surface area contributed by atoms with Gasteiger partial charge in [0.25, 0.3) is 0 Å². The van der Waals surface area contributed by atoms with Crippen molar-refractivity contribution < 1.29 is 0 Å². The van der Waals surface area contributed by atoms with E-state index in [4.69, 9.17) is 0 Å². The van der Waals surface area contributed by atoms with Crippen molar-refractivity contribution in [1.82, 2.24) is 0 Å². The number of hydrogen-bond acceptors (Lipinski definition) is 1. The van der Waals surface area contributed by atoms with Crippen LogP contribution in [0.5, 0.6) is 0 Å². The van der Waals surface area contributed by atoms with E-state index in [1.165, 1.54) is 32.1 Å². The summed E-state index contributed by atoms with van der Waals surface area (Å²) in [4.78, 5) is 0. The first-order chi connectivity index (χ1) is 4.36. The van der Waals surface area contributed by atoms with Gasteiger partial charge in [-0.3, -0.25) is 0 Å². The summed E-state index contributed by atoms with van der Waals surface area (Å²) in [5, 5.41) is 0.762. The average Bonchev–Trinajstić information content (AvgIpc) is 2.09. The minimum Gasteiger partial charge on any atom is -0.176 e. The Kier molecular flexibility index (Phi) is 1.48. The van der Waals surface area contributed by atoms with Crippen molar-refractivity contribution >= 4 is 12.6 Å². The van der Waals surface area contributed by atoms with Crippen LogP contribution >= 0.6 is 12.6 Å². The number of thiol groups is 1. The Hall–Kier alpha value is 0.350. The van der Waals surface area contributed by atoms with Crippen LogP contribution in [0, 0.1) is 11.8 Å². The lowest BCUT2D eigenvalue weighted by Crippen LogP contribution is -2.08. The van der Waals surface area contributed by atoms with E-state index in [0.717, 1.165) is 17.1 Å². The van der Waals surface area contributed by atoms with Crippen LogP contribution in [0.1, 0.15) is 32.1 Å². The zero-order valence-corrected chi connectivity index (χ0v) is 6.61. The molecule has 0 heterocycles. The van der Waals surface area contributed by atoms with Crippen LogP contribution in [0.25, 0.3) is 0 Å². The molecule has 3 unspecified atom stereocenters. The number of fused-ring (bicyclic) bond motifs is 2. The Balaban J connectivity index is 2.07. The van der Waals surface area contributed by atoms with Crippen molar-refractivity contribution in [3.63, 3.8) is 0 Å². The van der Waals surface area contributed by atoms with E-state index in [9.17, 15) is 0 Å². The maximum absolute atomic E-state index is 4.57. The van der Waals surface area contributed by atoms with E-state index < -0.39 is 0 Å². The maximum atomic E-state index is 4.57. The van der Waals surface area contributed by atoms with Crippen LogP contribution in [-0.4, -0.2) is 5.25 Å². The lowest BCUT2D eigenvalue weighted by molar-refractivity contribution is 0.361. The van der Waals surface area contributed by atoms with Crippen LogP contribution < -0.4 is 0 Å². The van der Waals surface area contributed by atoms with Crippen molar-refractivity contribution in [3.05, 3.63) is 0 Å². The highest BCUT2D eigenvalue weighted by Crippen LogP contribution is 2.44. The molecule has 0 spiro atoms. The molecule has 9 heavy (non-hydrogen) atoms. The van der Waals surface area contributed by atoms with Crippen LogP contribution in [0.4, 0.5) is 0 Å². The predicted octanol–water partition coefficient (Wildman–Crippen LogP) is 2.49. The third-order valence-corrected chi connectivity index (χ3v) is 3.57. The summed E-state index contributed by atoms with van der Waals surface area (Å²) < 4.78 is 0. The normalized spacial score (nSPS) is 49.7. The molecule has 0 aromatic carbocycles. The van der Waals surface area contributed by atoms with Gasteiger partial charge in [0, 0.05) is 5.25 Å². The second-order valence-corrected chi connectivity index (χ2v) is 4.26. The molecular formula is C8H14S. The molecule has 2 saturated carbocycles. The topological polar surface area (TPSA) is 0 Å². The Morgan fingerprint density at radius 2 is 2.00 bits per heavy atom. The molecule has 0 nitrogen and oxygen atoms in total. The van der Waals surface area contributed by atoms with Gasteiger partial charge in [-0.25, -0.2) is 0 Å². The second-order valence-electron chi connectivity index (χ2n) is 3.60. The first-order valence-corrected chi connectivity index (χ1v) is 4.56. The van der Waals surface area contributed by atoms with Gasteiger partial charge in [-0.15, -0.1) is 0 Å². The molecule has 0 saturated heterocycles.